The summed E-state index contributed by atoms with van der Waals surface area (Å²) < 4.78 is 12.7. The van der Waals surface area contributed by atoms with Crippen LogP contribution in [-0.4, -0.2) is 15.1 Å². The van der Waals surface area contributed by atoms with Crippen LogP contribution in [0.5, 0.6) is 0 Å². The third-order valence-electron chi connectivity index (χ3n) is 1.38. The first-order chi connectivity index (χ1) is 5.25. The summed E-state index contributed by atoms with van der Waals surface area (Å²) in [6, 6.07) is 0. The van der Waals surface area contributed by atoms with Gasteiger partial charge in [-0.3, -0.25) is 4.98 Å². The summed E-state index contributed by atoms with van der Waals surface area (Å²) in [5.74, 6) is -0.693. The molecule has 0 saturated heterocycles. The van der Waals surface area contributed by atoms with E-state index in [1.165, 1.54) is 12.4 Å². The molecule has 1 rings (SSSR count). The van der Waals surface area contributed by atoms with Crippen LogP contribution >= 0.6 is 0 Å². The molecule has 1 heterocycles. The first-order valence-corrected chi connectivity index (χ1v) is 3.40. The monoisotopic (exact) mass is 156 g/mol. The van der Waals surface area contributed by atoms with E-state index < -0.39 is 12.1 Å². The molecule has 0 aliphatic heterocycles. The highest BCUT2D eigenvalue weighted by atomic mass is 19.1. The van der Waals surface area contributed by atoms with Gasteiger partial charge >= 0.3 is 0 Å². The van der Waals surface area contributed by atoms with Gasteiger partial charge in [0.1, 0.15) is 11.8 Å². The van der Waals surface area contributed by atoms with Gasteiger partial charge in [-0.15, -0.1) is 0 Å². The summed E-state index contributed by atoms with van der Waals surface area (Å²) in [6.07, 6.45) is 2.21. The second-order valence-corrected chi connectivity index (χ2v) is 2.16. The van der Waals surface area contributed by atoms with Gasteiger partial charge in [-0.2, -0.15) is 4.39 Å². The summed E-state index contributed by atoms with van der Waals surface area (Å²) in [4.78, 5) is 7.02. The van der Waals surface area contributed by atoms with Gasteiger partial charge in [-0.1, -0.05) is 6.92 Å². The molecule has 1 unspecified atom stereocenters. The second kappa shape index (κ2) is 3.39. The van der Waals surface area contributed by atoms with Crippen LogP contribution < -0.4 is 0 Å². The minimum absolute atomic E-state index is 0.0231. The van der Waals surface area contributed by atoms with Gasteiger partial charge in [0, 0.05) is 12.4 Å². The highest BCUT2D eigenvalue weighted by molar-refractivity contribution is 5.01. The average Bonchev–Trinajstić information content (AvgIpc) is 2.04. The standard InChI is InChI=1S/C7H9FN2O/c1-2-5(11)6-7(8)10-4-3-9-6/h3-5,11H,2H2,1H3. The Morgan fingerprint density at radius 2 is 2.18 bits per heavy atom. The molecule has 1 aromatic heterocycles. The van der Waals surface area contributed by atoms with Gasteiger partial charge in [0.2, 0.25) is 5.95 Å². The second-order valence-electron chi connectivity index (χ2n) is 2.16. The molecule has 0 saturated carbocycles. The Hall–Kier alpha value is -1.03. The van der Waals surface area contributed by atoms with Crippen molar-refractivity contribution in [2.45, 2.75) is 19.4 Å². The van der Waals surface area contributed by atoms with E-state index in [9.17, 15) is 4.39 Å². The van der Waals surface area contributed by atoms with Gasteiger partial charge in [0.25, 0.3) is 0 Å². The fraction of sp³-hybridized carbons (Fsp3) is 0.429. The lowest BCUT2D eigenvalue weighted by Gasteiger charge is -2.05. The van der Waals surface area contributed by atoms with E-state index in [1.807, 2.05) is 0 Å². The zero-order chi connectivity index (χ0) is 8.27. The van der Waals surface area contributed by atoms with Gasteiger partial charge < -0.3 is 5.11 Å². The zero-order valence-electron chi connectivity index (χ0n) is 6.16. The van der Waals surface area contributed by atoms with Crippen LogP contribution in [0.25, 0.3) is 0 Å². The predicted molar refractivity (Wildman–Crippen MR) is 37.2 cm³/mol. The average molecular weight is 156 g/mol. The molecule has 60 valence electrons. The minimum Gasteiger partial charge on any atom is -0.387 e. The van der Waals surface area contributed by atoms with E-state index >= 15 is 0 Å². The number of aliphatic hydroxyl groups is 1. The lowest BCUT2D eigenvalue weighted by molar-refractivity contribution is 0.162. The molecule has 0 spiro atoms. The molecule has 0 bridgehead atoms. The third-order valence-corrected chi connectivity index (χ3v) is 1.38. The molecule has 0 radical (unpaired) electrons. The Morgan fingerprint density at radius 3 is 2.73 bits per heavy atom. The molecule has 0 aliphatic rings. The Bertz CT molecular complexity index is 242. The largest absolute Gasteiger partial charge is 0.387 e. The zero-order valence-corrected chi connectivity index (χ0v) is 6.16. The Labute approximate surface area is 63.9 Å². The van der Waals surface area contributed by atoms with Crippen molar-refractivity contribution in [3.05, 3.63) is 24.0 Å². The number of halogens is 1. The maximum absolute atomic E-state index is 12.7. The normalized spacial score (nSPS) is 13.0. The first-order valence-electron chi connectivity index (χ1n) is 3.40. The Morgan fingerprint density at radius 1 is 1.55 bits per heavy atom. The molecule has 11 heavy (non-hydrogen) atoms. The highest BCUT2D eigenvalue weighted by Gasteiger charge is 2.11. The van der Waals surface area contributed by atoms with Gasteiger partial charge in [-0.05, 0) is 6.42 Å². The molecule has 0 amide bonds. The van der Waals surface area contributed by atoms with Crippen LogP contribution in [-0.2, 0) is 0 Å². The van der Waals surface area contributed by atoms with Crippen LogP contribution in [0.3, 0.4) is 0 Å². The lowest BCUT2D eigenvalue weighted by Crippen LogP contribution is -2.03. The van der Waals surface area contributed by atoms with Gasteiger partial charge in [-0.25, -0.2) is 4.98 Å². The fourth-order valence-electron chi connectivity index (χ4n) is 0.749. The van der Waals surface area contributed by atoms with Crippen molar-refractivity contribution in [3.8, 4) is 0 Å². The molecular formula is C7H9FN2O. The summed E-state index contributed by atoms with van der Waals surface area (Å²) >= 11 is 0. The quantitative estimate of drug-likeness (QED) is 0.696. The van der Waals surface area contributed by atoms with Crippen molar-refractivity contribution < 1.29 is 9.50 Å². The third kappa shape index (κ3) is 1.71. The maximum Gasteiger partial charge on any atom is 0.237 e. The van der Waals surface area contributed by atoms with Crippen molar-refractivity contribution in [3.63, 3.8) is 0 Å². The minimum atomic E-state index is -0.844. The Balaban J connectivity index is 2.93. The number of aromatic nitrogens is 2. The van der Waals surface area contributed by atoms with Crippen LogP contribution in [0, 0.1) is 5.95 Å². The molecule has 0 aliphatic carbocycles. The molecule has 3 nitrogen and oxygen atoms in total. The van der Waals surface area contributed by atoms with E-state index in [0.29, 0.717) is 6.42 Å². The molecule has 1 N–H and O–H groups in total. The molecule has 0 fully saturated rings. The molecule has 1 aromatic rings. The number of nitrogens with zero attached hydrogens (tertiary/aromatic N) is 2. The summed E-state index contributed by atoms with van der Waals surface area (Å²) in [5, 5.41) is 9.17. The number of rotatable bonds is 2. The van der Waals surface area contributed by atoms with Crippen LogP contribution in [0.4, 0.5) is 4.39 Å². The highest BCUT2D eigenvalue weighted by Crippen LogP contribution is 2.14. The number of hydrogen-bond donors (Lipinski definition) is 1. The van der Waals surface area contributed by atoms with Crippen molar-refractivity contribution in [2.75, 3.05) is 0 Å². The van der Waals surface area contributed by atoms with Crippen LogP contribution in [0.2, 0.25) is 0 Å². The number of aliphatic hydroxyl groups excluding tert-OH is 1. The summed E-state index contributed by atoms with van der Waals surface area (Å²) in [6.45, 7) is 1.75. The van der Waals surface area contributed by atoms with Crippen molar-refractivity contribution >= 4 is 0 Å². The Kier molecular flexibility index (Phi) is 2.48. The summed E-state index contributed by atoms with van der Waals surface area (Å²) in [7, 11) is 0. The number of hydrogen-bond acceptors (Lipinski definition) is 3. The lowest BCUT2D eigenvalue weighted by atomic mass is 10.2. The van der Waals surface area contributed by atoms with Gasteiger partial charge in [0.05, 0.1) is 0 Å². The van der Waals surface area contributed by atoms with Gasteiger partial charge in [0.15, 0.2) is 0 Å². The van der Waals surface area contributed by atoms with Crippen LogP contribution in [0.15, 0.2) is 12.4 Å². The van der Waals surface area contributed by atoms with Crippen molar-refractivity contribution in [1.29, 1.82) is 0 Å². The fourth-order valence-corrected chi connectivity index (χ4v) is 0.749. The SMILES string of the molecule is CCC(O)c1nccnc1F. The molecular weight excluding hydrogens is 147 g/mol. The van der Waals surface area contributed by atoms with E-state index in [4.69, 9.17) is 5.11 Å². The molecule has 0 aromatic carbocycles. The van der Waals surface area contributed by atoms with E-state index in [1.54, 1.807) is 6.92 Å². The van der Waals surface area contributed by atoms with E-state index in [-0.39, 0.29) is 5.69 Å². The molecule has 1 atom stereocenters. The first kappa shape index (κ1) is 8.07. The predicted octanol–water partition coefficient (Wildman–Crippen LogP) is 1.06. The maximum atomic E-state index is 12.7. The summed E-state index contributed by atoms with van der Waals surface area (Å²) in [5.41, 5.74) is 0.0231. The topological polar surface area (TPSA) is 46.0 Å². The van der Waals surface area contributed by atoms with Crippen molar-refractivity contribution in [2.24, 2.45) is 0 Å². The smallest absolute Gasteiger partial charge is 0.237 e. The van der Waals surface area contributed by atoms with Crippen LogP contribution in [0.1, 0.15) is 25.1 Å². The van der Waals surface area contributed by atoms with E-state index in [0.717, 1.165) is 0 Å². The molecule has 4 heteroatoms. The van der Waals surface area contributed by atoms with Crippen molar-refractivity contribution in [1.82, 2.24) is 9.97 Å². The van der Waals surface area contributed by atoms with E-state index in [2.05, 4.69) is 9.97 Å².